The van der Waals surface area contributed by atoms with Gasteiger partial charge in [0.1, 0.15) is 36.8 Å². The first kappa shape index (κ1) is 56.2. The van der Waals surface area contributed by atoms with Crippen LogP contribution in [0.1, 0.15) is 87.2 Å². The topological polar surface area (TPSA) is 260 Å². The van der Waals surface area contributed by atoms with Gasteiger partial charge < -0.3 is 39.0 Å². The van der Waals surface area contributed by atoms with Crippen LogP contribution in [-0.2, 0) is 9.47 Å². The summed E-state index contributed by atoms with van der Waals surface area (Å²) in [7, 11) is 0. The molecule has 4 aromatic rings. The molecule has 0 unspecified atom stereocenters. The fourth-order valence-corrected chi connectivity index (χ4v) is 9.20. The monoisotopic (exact) mass is 1090 g/mol. The third-order valence-electron chi connectivity index (χ3n) is 13.3. The number of carbonyl (C=O) groups excluding carboxylic acids is 4. The van der Waals surface area contributed by atoms with E-state index in [-0.39, 0.29) is 77.8 Å². The van der Waals surface area contributed by atoms with E-state index in [4.69, 9.17) is 24.1 Å². The summed E-state index contributed by atoms with van der Waals surface area (Å²) in [6.07, 6.45) is -8.72. The molecule has 0 radical (unpaired) electrons. The van der Waals surface area contributed by atoms with Gasteiger partial charge in [-0.1, -0.05) is 13.8 Å². The Labute approximate surface area is 437 Å². The van der Waals surface area contributed by atoms with Crippen molar-refractivity contribution in [2.75, 3.05) is 82.8 Å². The quantitative estimate of drug-likeness (QED) is 0.0723. The maximum atomic E-state index is 13.5. The average Bonchev–Trinajstić information content (AvgIpc) is 3.78. The second-order valence-corrected chi connectivity index (χ2v) is 19.7. The summed E-state index contributed by atoms with van der Waals surface area (Å²) >= 11 is 0. The number of hydrogen-bond acceptors (Lipinski definition) is 18. The number of nitrogens with one attached hydrogen (secondary N) is 2. The average molecular weight is 1090 g/mol. The minimum absolute atomic E-state index is 0.0784. The molecule has 3 fully saturated rings. The molecule has 9 heterocycles. The summed E-state index contributed by atoms with van der Waals surface area (Å²) in [6, 6.07) is 10.4. The second kappa shape index (κ2) is 23.3. The number of piperidine rings is 2. The van der Waals surface area contributed by atoms with Crippen LogP contribution in [0.15, 0.2) is 48.5 Å². The Morgan fingerprint density at radius 1 is 0.714 bits per heavy atom. The molecule has 0 aliphatic carbocycles. The number of aliphatic hydroxyl groups excluding tert-OH is 2. The number of urea groups is 2. The minimum Gasteiger partial charge on any atom is -0.474 e. The molecule has 0 spiro atoms. The second-order valence-electron chi connectivity index (χ2n) is 19.7. The molecule has 5 aliphatic heterocycles. The summed E-state index contributed by atoms with van der Waals surface area (Å²) in [5.74, 6) is -4.76. The Morgan fingerprint density at radius 2 is 1.18 bits per heavy atom. The van der Waals surface area contributed by atoms with Crippen molar-refractivity contribution >= 4 is 58.3 Å². The number of pyridine rings is 2. The number of halogens is 6. The van der Waals surface area contributed by atoms with Gasteiger partial charge >= 0.3 is 24.4 Å². The highest BCUT2D eigenvalue weighted by atomic mass is 19.4. The van der Waals surface area contributed by atoms with E-state index < -0.39 is 79.2 Å². The highest BCUT2D eigenvalue weighted by molar-refractivity contribution is 6.06. The van der Waals surface area contributed by atoms with E-state index in [1.54, 1.807) is 24.3 Å². The molecule has 4 bridgehead atoms. The lowest BCUT2D eigenvalue weighted by Gasteiger charge is -2.45. The first-order chi connectivity index (χ1) is 36.5. The number of amides is 4. The molecule has 3 saturated heterocycles. The van der Waals surface area contributed by atoms with E-state index in [9.17, 15) is 50.6 Å². The number of ketones is 2. The van der Waals surface area contributed by atoms with Crippen molar-refractivity contribution in [2.24, 2.45) is 11.8 Å². The molecule has 6 atom stereocenters. The molecule has 416 valence electrons. The van der Waals surface area contributed by atoms with E-state index in [1.807, 2.05) is 18.7 Å². The van der Waals surface area contributed by atoms with E-state index in [0.717, 1.165) is 39.8 Å². The molecule has 4 aromatic heterocycles. The SMILES string of the molecule is C[C@@H](CC(=O)c1ccc2c(n1)N(C(=O)Nc1ccc(OC[C@H](O)CO)nn1)[C@H]1CCCN2C1)C(F)(F)F.C[C@@H](CC(=O)c1ccc2c(n1)N(C(=O)Nc1ccc(OC[C@H]3COC(C)(C)O3)nn1)[C@H]1CCCN2C1)C(F)(F)F. The molecule has 28 heteroatoms. The highest BCUT2D eigenvalue weighted by Gasteiger charge is 2.43. The Balaban J connectivity index is 0.000000204. The lowest BCUT2D eigenvalue weighted by Crippen LogP contribution is -2.56. The predicted octanol–water partition coefficient (Wildman–Crippen LogP) is 6.59. The summed E-state index contributed by atoms with van der Waals surface area (Å²) in [5, 5.41) is 39.3. The molecule has 0 saturated carbocycles. The van der Waals surface area contributed by atoms with E-state index in [1.165, 1.54) is 34.1 Å². The standard InChI is InChI=1S/C26H31F3N6O5.C23H27F3N6O5/c1-15(26(27,28)29)11-20(36)18-6-7-19-23(30-18)35(16-5-4-10-34(19)12-16)24(37)31-21-8-9-22(33-32-21)38-13-17-14-39-25(2,3)40-17;1-13(23(24,25)26)9-18(35)16-4-5-17-21(27-16)32(14-3-2-8-31(17)10-14)22(36)28-19-6-7-20(30-29-19)37-12-15(34)11-33/h6-9,15-17H,4-5,10-14H2,1-3H3,(H,31,32,37);4-7,13-15,33-34H,2-3,8-12H2,1H3,(H,28,29,36)/t15-,16-,17-;13-,14-,15+/m00/s1. The summed E-state index contributed by atoms with van der Waals surface area (Å²) in [5.41, 5.74) is 1.00. The summed E-state index contributed by atoms with van der Waals surface area (Å²) < 4.78 is 100.0. The molecular weight excluding hydrogens is 1030 g/mol. The number of rotatable bonds is 15. The zero-order valence-corrected chi connectivity index (χ0v) is 42.4. The number of aliphatic hydroxyl groups is 2. The van der Waals surface area contributed by atoms with Crippen molar-refractivity contribution < 1.29 is 74.7 Å². The number of alkyl halides is 6. The van der Waals surface area contributed by atoms with Crippen molar-refractivity contribution in [3.8, 4) is 11.8 Å². The molecule has 22 nitrogen and oxygen atoms in total. The van der Waals surface area contributed by atoms with Gasteiger partial charge in [-0.2, -0.15) is 26.3 Å². The van der Waals surface area contributed by atoms with Crippen molar-refractivity contribution in [1.29, 1.82) is 0 Å². The molecular formula is C49H58F6N12O10. The number of ether oxygens (including phenoxy) is 4. The van der Waals surface area contributed by atoms with Gasteiger partial charge in [0.25, 0.3) is 0 Å². The first-order valence-corrected chi connectivity index (χ1v) is 24.9. The number of aromatic nitrogens is 6. The van der Waals surface area contributed by atoms with Gasteiger partial charge in [-0.05, 0) is 75.9 Å². The fraction of sp³-hybridized carbons (Fsp3) is 0.551. The zero-order valence-electron chi connectivity index (χ0n) is 42.4. The lowest BCUT2D eigenvalue weighted by molar-refractivity contribution is -0.169. The van der Waals surface area contributed by atoms with Crippen molar-refractivity contribution in [2.45, 2.75) is 109 Å². The van der Waals surface area contributed by atoms with Crippen LogP contribution in [0.25, 0.3) is 0 Å². The van der Waals surface area contributed by atoms with Gasteiger partial charge in [0.15, 0.2) is 40.6 Å². The number of anilines is 6. The van der Waals surface area contributed by atoms with Crippen LogP contribution in [0.5, 0.6) is 11.8 Å². The predicted molar refractivity (Wildman–Crippen MR) is 263 cm³/mol. The number of carbonyl (C=O) groups is 4. The number of nitrogens with zero attached hydrogens (tertiary/aromatic N) is 10. The molecule has 9 rings (SSSR count). The maximum Gasteiger partial charge on any atom is 0.391 e. The molecule has 77 heavy (non-hydrogen) atoms. The molecule has 0 aromatic carbocycles. The molecule has 4 N–H and O–H groups in total. The number of hydrogen-bond donors (Lipinski definition) is 4. The summed E-state index contributed by atoms with van der Waals surface area (Å²) in [6.45, 7) is 8.10. The number of Topliss-reactive ketones (excluding diaryl/α,β-unsaturated/α-hetero) is 2. The Kier molecular flexibility index (Phi) is 17.0. The normalized spacial score (nSPS) is 20.6. The van der Waals surface area contributed by atoms with Crippen LogP contribution < -0.4 is 39.7 Å². The molecule has 5 aliphatic rings. The van der Waals surface area contributed by atoms with Gasteiger partial charge in [-0.15, -0.1) is 20.4 Å². The van der Waals surface area contributed by atoms with Crippen LogP contribution >= 0.6 is 0 Å². The van der Waals surface area contributed by atoms with Gasteiger partial charge in [0.2, 0.25) is 11.8 Å². The van der Waals surface area contributed by atoms with E-state index >= 15 is 0 Å². The Hall–Kier alpha value is -7.04. The van der Waals surface area contributed by atoms with E-state index in [0.29, 0.717) is 43.9 Å². The van der Waals surface area contributed by atoms with Crippen LogP contribution in [0.2, 0.25) is 0 Å². The van der Waals surface area contributed by atoms with Crippen molar-refractivity contribution in [3.05, 3.63) is 59.9 Å². The molecule has 4 amide bonds. The zero-order chi connectivity index (χ0) is 55.4. The van der Waals surface area contributed by atoms with Crippen LogP contribution in [0.3, 0.4) is 0 Å². The smallest absolute Gasteiger partial charge is 0.391 e. The Bertz CT molecular complexity index is 2760. The van der Waals surface area contributed by atoms with Crippen LogP contribution in [-0.4, -0.2) is 159 Å². The first-order valence-electron chi connectivity index (χ1n) is 24.9. The van der Waals surface area contributed by atoms with Crippen molar-refractivity contribution in [3.63, 3.8) is 0 Å². The van der Waals surface area contributed by atoms with Crippen LogP contribution in [0.4, 0.5) is 70.6 Å². The number of fused-ring (bicyclic) bond motifs is 8. The van der Waals surface area contributed by atoms with Gasteiger partial charge in [0, 0.05) is 51.2 Å². The van der Waals surface area contributed by atoms with E-state index in [2.05, 4.69) is 45.9 Å². The maximum absolute atomic E-state index is 13.5. The minimum atomic E-state index is -4.50. The highest BCUT2D eigenvalue weighted by Crippen LogP contribution is 2.41. The van der Waals surface area contributed by atoms with Gasteiger partial charge in [-0.3, -0.25) is 30.0 Å². The summed E-state index contributed by atoms with van der Waals surface area (Å²) in [4.78, 5) is 67.8. The largest absolute Gasteiger partial charge is 0.474 e. The third kappa shape index (κ3) is 13.7. The van der Waals surface area contributed by atoms with Gasteiger partial charge in [0.05, 0.1) is 48.5 Å². The third-order valence-corrected chi connectivity index (χ3v) is 13.3. The lowest BCUT2D eigenvalue weighted by atomic mass is 9.98. The van der Waals surface area contributed by atoms with Gasteiger partial charge in [-0.25, -0.2) is 19.6 Å². The van der Waals surface area contributed by atoms with Crippen molar-refractivity contribution in [1.82, 2.24) is 30.4 Å². The Morgan fingerprint density at radius 3 is 1.58 bits per heavy atom. The van der Waals surface area contributed by atoms with Crippen LogP contribution in [0, 0.1) is 11.8 Å². The fourth-order valence-electron chi connectivity index (χ4n) is 9.20.